The molecule has 1 unspecified atom stereocenters. The van der Waals surface area contributed by atoms with E-state index in [0.717, 1.165) is 25.7 Å². The minimum atomic E-state index is 0.327. The Morgan fingerprint density at radius 3 is 2.44 bits per heavy atom. The lowest BCUT2D eigenvalue weighted by atomic mass is 9.93. The summed E-state index contributed by atoms with van der Waals surface area (Å²) in [5, 5.41) is 3.45. The standard InChI is InChI=1S/C14H30N4/c1-14(2)13(17-9-6-15-7-10-17)5-8-18(14)12-11-16(3)4/h13,15H,5-12H2,1-4H3. The van der Waals surface area contributed by atoms with Gasteiger partial charge in [-0.15, -0.1) is 0 Å². The second-order valence-corrected chi connectivity index (χ2v) is 6.53. The normalized spacial score (nSPS) is 30.2. The zero-order valence-corrected chi connectivity index (χ0v) is 12.6. The molecule has 0 saturated carbocycles. The van der Waals surface area contributed by atoms with Crippen molar-refractivity contribution in [3.05, 3.63) is 0 Å². The average Bonchev–Trinajstić information content (AvgIpc) is 2.62. The van der Waals surface area contributed by atoms with E-state index in [1.54, 1.807) is 0 Å². The Balaban J connectivity index is 1.93. The molecule has 0 aromatic rings. The highest BCUT2D eigenvalue weighted by molar-refractivity contribution is 5.01. The second-order valence-electron chi connectivity index (χ2n) is 6.53. The minimum absolute atomic E-state index is 0.327. The zero-order valence-electron chi connectivity index (χ0n) is 12.6. The maximum Gasteiger partial charge on any atom is 0.0309 e. The fraction of sp³-hybridized carbons (Fsp3) is 1.00. The number of hydrogen-bond donors (Lipinski definition) is 1. The first-order chi connectivity index (χ1) is 8.51. The van der Waals surface area contributed by atoms with Crippen molar-refractivity contribution < 1.29 is 0 Å². The predicted octanol–water partition coefficient (Wildman–Crippen LogP) is 0.306. The Labute approximate surface area is 112 Å². The van der Waals surface area contributed by atoms with Crippen LogP contribution in [0.3, 0.4) is 0 Å². The summed E-state index contributed by atoms with van der Waals surface area (Å²) in [6.07, 6.45) is 1.33. The van der Waals surface area contributed by atoms with E-state index >= 15 is 0 Å². The number of nitrogens with one attached hydrogen (secondary N) is 1. The molecule has 0 radical (unpaired) electrons. The minimum Gasteiger partial charge on any atom is -0.314 e. The van der Waals surface area contributed by atoms with Crippen molar-refractivity contribution in [1.82, 2.24) is 20.0 Å². The number of nitrogens with zero attached hydrogens (tertiary/aromatic N) is 3. The SMILES string of the molecule is CN(C)CCN1CCC(N2CCNCC2)C1(C)C. The molecule has 2 aliphatic rings. The van der Waals surface area contributed by atoms with Gasteiger partial charge in [-0.2, -0.15) is 0 Å². The molecule has 0 amide bonds. The van der Waals surface area contributed by atoms with Gasteiger partial charge < -0.3 is 10.2 Å². The van der Waals surface area contributed by atoms with Crippen LogP contribution in [0.5, 0.6) is 0 Å². The molecule has 0 aromatic carbocycles. The molecule has 2 fully saturated rings. The van der Waals surface area contributed by atoms with Gasteiger partial charge in [0.1, 0.15) is 0 Å². The van der Waals surface area contributed by atoms with Gasteiger partial charge in [0.15, 0.2) is 0 Å². The van der Waals surface area contributed by atoms with Crippen molar-refractivity contribution in [2.45, 2.75) is 31.8 Å². The van der Waals surface area contributed by atoms with Gasteiger partial charge in [0.25, 0.3) is 0 Å². The van der Waals surface area contributed by atoms with E-state index in [-0.39, 0.29) is 0 Å². The first-order valence-corrected chi connectivity index (χ1v) is 7.36. The van der Waals surface area contributed by atoms with Gasteiger partial charge in [0, 0.05) is 57.4 Å². The Morgan fingerprint density at radius 2 is 1.83 bits per heavy atom. The summed E-state index contributed by atoms with van der Waals surface area (Å²) >= 11 is 0. The fourth-order valence-electron chi connectivity index (χ4n) is 3.47. The van der Waals surface area contributed by atoms with Crippen LogP contribution in [-0.4, -0.2) is 86.2 Å². The summed E-state index contributed by atoms with van der Waals surface area (Å²) in [4.78, 5) is 7.67. The summed E-state index contributed by atoms with van der Waals surface area (Å²) in [6, 6.07) is 0.738. The number of hydrogen-bond acceptors (Lipinski definition) is 4. The monoisotopic (exact) mass is 254 g/mol. The van der Waals surface area contributed by atoms with Gasteiger partial charge in [0.2, 0.25) is 0 Å². The molecule has 1 N–H and O–H groups in total. The summed E-state index contributed by atoms with van der Waals surface area (Å²) < 4.78 is 0. The lowest BCUT2D eigenvalue weighted by Crippen LogP contribution is -2.57. The van der Waals surface area contributed by atoms with Crippen molar-refractivity contribution in [1.29, 1.82) is 0 Å². The average molecular weight is 254 g/mol. The third-order valence-corrected chi connectivity index (χ3v) is 4.71. The molecule has 4 nitrogen and oxygen atoms in total. The highest BCUT2D eigenvalue weighted by Crippen LogP contribution is 2.32. The molecule has 2 saturated heterocycles. The highest BCUT2D eigenvalue weighted by atomic mass is 15.3. The van der Waals surface area contributed by atoms with E-state index in [2.05, 4.69) is 48.0 Å². The molecule has 18 heavy (non-hydrogen) atoms. The fourth-order valence-corrected chi connectivity index (χ4v) is 3.47. The summed E-state index contributed by atoms with van der Waals surface area (Å²) in [6.45, 7) is 13.2. The van der Waals surface area contributed by atoms with Crippen molar-refractivity contribution >= 4 is 0 Å². The van der Waals surface area contributed by atoms with Crippen molar-refractivity contribution in [2.75, 3.05) is 59.9 Å². The molecule has 2 rings (SSSR count). The van der Waals surface area contributed by atoms with Crippen LogP contribution in [0.2, 0.25) is 0 Å². The third-order valence-electron chi connectivity index (χ3n) is 4.71. The van der Waals surface area contributed by atoms with Crippen molar-refractivity contribution in [3.63, 3.8) is 0 Å². The number of likely N-dealkylation sites (tertiary alicyclic amines) is 1. The summed E-state index contributed by atoms with van der Waals surface area (Å²) in [7, 11) is 4.33. The predicted molar refractivity (Wildman–Crippen MR) is 77.1 cm³/mol. The van der Waals surface area contributed by atoms with E-state index < -0.39 is 0 Å². The van der Waals surface area contributed by atoms with Crippen LogP contribution in [0.1, 0.15) is 20.3 Å². The quantitative estimate of drug-likeness (QED) is 0.779. The Bertz CT molecular complexity index is 259. The van der Waals surface area contributed by atoms with Crippen molar-refractivity contribution in [2.24, 2.45) is 0 Å². The van der Waals surface area contributed by atoms with Gasteiger partial charge in [-0.25, -0.2) is 0 Å². The van der Waals surface area contributed by atoms with Crippen LogP contribution < -0.4 is 5.32 Å². The molecule has 2 aliphatic heterocycles. The third kappa shape index (κ3) is 3.05. The van der Waals surface area contributed by atoms with Crippen LogP contribution in [0.4, 0.5) is 0 Å². The van der Waals surface area contributed by atoms with Gasteiger partial charge in [0.05, 0.1) is 0 Å². The van der Waals surface area contributed by atoms with Crippen LogP contribution in [0, 0.1) is 0 Å². The maximum absolute atomic E-state index is 3.45. The molecular weight excluding hydrogens is 224 g/mol. The zero-order chi connectivity index (χ0) is 13.2. The van der Waals surface area contributed by atoms with E-state index in [1.807, 2.05) is 0 Å². The first kappa shape index (κ1) is 14.3. The first-order valence-electron chi connectivity index (χ1n) is 7.36. The van der Waals surface area contributed by atoms with Crippen LogP contribution in [0.25, 0.3) is 0 Å². The maximum atomic E-state index is 3.45. The van der Waals surface area contributed by atoms with E-state index in [1.165, 1.54) is 32.6 Å². The van der Waals surface area contributed by atoms with Gasteiger partial charge in [-0.3, -0.25) is 9.80 Å². The molecule has 0 bridgehead atoms. The lowest BCUT2D eigenvalue weighted by Gasteiger charge is -2.43. The molecule has 1 atom stereocenters. The molecule has 0 aromatic heterocycles. The topological polar surface area (TPSA) is 21.8 Å². The Morgan fingerprint density at radius 1 is 1.17 bits per heavy atom. The largest absolute Gasteiger partial charge is 0.314 e. The van der Waals surface area contributed by atoms with Crippen LogP contribution >= 0.6 is 0 Å². The van der Waals surface area contributed by atoms with E-state index in [9.17, 15) is 0 Å². The van der Waals surface area contributed by atoms with E-state index in [0.29, 0.717) is 5.54 Å². The molecular formula is C14H30N4. The summed E-state index contributed by atoms with van der Waals surface area (Å²) in [5.74, 6) is 0. The van der Waals surface area contributed by atoms with Crippen molar-refractivity contribution in [3.8, 4) is 0 Å². The molecule has 106 valence electrons. The number of likely N-dealkylation sites (N-methyl/N-ethyl adjacent to an activating group) is 1. The highest BCUT2D eigenvalue weighted by Gasteiger charge is 2.43. The Kier molecular flexibility index (Phi) is 4.64. The van der Waals surface area contributed by atoms with Gasteiger partial charge in [-0.1, -0.05) is 0 Å². The summed E-state index contributed by atoms with van der Waals surface area (Å²) in [5.41, 5.74) is 0.327. The van der Waals surface area contributed by atoms with Gasteiger partial charge >= 0.3 is 0 Å². The number of piperazine rings is 1. The second kappa shape index (κ2) is 5.87. The van der Waals surface area contributed by atoms with E-state index in [4.69, 9.17) is 0 Å². The molecule has 2 heterocycles. The lowest BCUT2D eigenvalue weighted by molar-refractivity contribution is 0.0692. The van der Waals surface area contributed by atoms with Gasteiger partial charge in [-0.05, 0) is 34.4 Å². The molecule has 0 spiro atoms. The van der Waals surface area contributed by atoms with Crippen LogP contribution in [0.15, 0.2) is 0 Å². The number of rotatable bonds is 4. The van der Waals surface area contributed by atoms with Crippen LogP contribution in [-0.2, 0) is 0 Å². The Hall–Kier alpha value is -0.160. The smallest absolute Gasteiger partial charge is 0.0309 e. The molecule has 0 aliphatic carbocycles. The molecule has 4 heteroatoms.